The zero-order valence-corrected chi connectivity index (χ0v) is 12.5. The van der Waals surface area contributed by atoms with Gasteiger partial charge in [0.1, 0.15) is 0 Å². The Bertz CT molecular complexity index is 229. The average molecular weight is 257 g/mol. The Morgan fingerprint density at radius 1 is 1.33 bits per heavy atom. The summed E-state index contributed by atoms with van der Waals surface area (Å²) in [5.74, 6) is 0.912. The van der Waals surface area contributed by atoms with Gasteiger partial charge in [0.25, 0.3) is 0 Å². The molecule has 0 saturated heterocycles. The molecule has 2 unspecified atom stereocenters. The van der Waals surface area contributed by atoms with Crippen LogP contribution >= 0.6 is 0 Å². The number of aliphatic hydroxyl groups is 1. The quantitative estimate of drug-likeness (QED) is 0.667. The number of hydrogen-bond donors (Lipinski definition) is 2. The predicted octanol–water partition coefficient (Wildman–Crippen LogP) is 2.72. The van der Waals surface area contributed by atoms with E-state index in [1.165, 1.54) is 25.7 Å². The van der Waals surface area contributed by atoms with Crippen LogP contribution in [0, 0.1) is 5.92 Å². The van der Waals surface area contributed by atoms with Crippen LogP contribution in [-0.4, -0.2) is 36.0 Å². The molecule has 1 aliphatic carbocycles. The fraction of sp³-hybridized carbons (Fsp3) is 1.00. The molecule has 0 aromatic carbocycles. The number of rotatable bonds is 9. The molecule has 18 heavy (non-hydrogen) atoms. The van der Waals surface area contributed by atoms with Gasteiger partial charge < -0.3 is 15.2 Å². The number of aliphatic hydroxyl groups excluding tert-OH is 1. The number of nitrogens with one attached hydrogen (secondary N) is 1. The lowest BCUT2D eigenvalue weighted by Gasteiger charge is -2.34. The van der Waals surface area contributed by atoms with Crippen LogP contribution in [0.2, 0.25) is 0 Å². The fourth-order valence-electron chi connectivity index (χ4n) is 2.78. The average Bonchev–Trinajstić information content (AvgIpc) is 2.20. The molecule has 2 N–H and O–H groups in total. The van der Waals surface area contributed by atoms with Crippen molar-refractivity contribution >= 4 is 0 Å². The monoisotopic (exact) mass is 257 g/mol. The Kier molecular flexibility index (Phi) is 6.61. The molecule has 0 amide bonds. The first kappa shape index (κ1) is 15.9. The summed E-state index contributed by atoms with van der Waals surface area (Å²) in [5.41, 5.74) is -0.232. The Balaban J connectivity index is 2.20. The van der Waals surface area contributed by atoms with Gasteiger partial charge in [-0.25, -0.2) is 0 Å². The van der Waals surface area contributed by atoms with E-state index in [1.807, 2.05) is 0 Å². The zero-order chi connectivity index (χ0) is 13.6. The van der Waals surface area contributed by atoms with Gasteiger partial charge in [0.05, 0.1) is 12.7 Å². The van der Waals surface area contributed by atoms with E-state index in [4.69, 9.17) is 4.74 Å². The normalized spacial score (nSPS) is 21.7. The van der Waals surface area contributed by atoms with Gasteiger partial charge in [0.2, 0.25) is 0 Å². The highest BCUT2D eigenvalue weighted by atomic mass is 16.5. The molecule has 3 nitrogen and oxygen atoms in total. The van der Waals surface area contributed by atoms with Gasteiger partial charge in [0.15, 0.2) is 0 Å². The van der Waals surface area contributed by atoms with Gasteiger partial charge in [-0.15, -0.1) is 0 Å². The van der Waals surface area contributed by atoms with Crippen LogP contribution in [0.5, 0.6) is 0 Å². The van der Waals surface area contributed by atoms with Crippen molar-refractivity contribution in [3.8, 4) is 0 Å². The second-order valence-electron chi connectivity index (χ2n) is 6.49. The highest BCUT2D eigenvalue weighted by Crippen LogP contribution is 2.29. The van der Waals surface area contributed by atoms with Crippen molar-refractivity contribution in [1.29, 1.82) is 0 Å². The molecule has 1 aliphatic rings. The predicted molar refractivity (Wildman–Crippen MR) is 75.8 cm³/mol. The van der Waals surface area contributed by atoms with Gasteiger partial charge in [-0.3, -0.25) is 0 Å². The Morgan fingerprint density at radius 3 is 2.44 bits per heavy atom. The van der Waals surface area contributed by atoms with E-state index >= 15 is 0 Å². The third-order valence-corrected chi connectivity index (χ3v) is 3.88. The van der Waals surface area contributed by atoms with E-state index in [1.54, 1.807) is 0 Å². The van der Waals surface area contributed by atoms with E-state index in [9.17, 15) is 5.11 Å². The summed E-state index contributed by atoms with van der Waals surface area (Å²) in [7, 11) is 0. The first-order valence-electron chi connectivity index (χ1n) is 7.45. The van der Waals surface area contributed by atoms with Crippen molar-refractivity contribution in [2.24, 2.45) is 5.92 Å². The second-order valence-corrected chi connectivity index (χ2v) is 6.49. The number of hydrogen-bond acceptors (Lipinski definition) is 3. The third kappa shape index (κ3) is 5.68. The molecule has 0 aromatic rings. The first-order valence-corrected chi connectivity index (χ1v) is 7.45. The molecule has 3 heteroatoms. The van der Waals surface area contributed by atoms with E-state index < -0.39 is 0 Å². The molecule has 1 saturated carbocycles. The Labute approximate surface area is 112 Å². The van der Waals surface area contributed by atoms with Crippen molar-refractivity contribution in [3.05, 3.63) is 0 Å². The molecule has 2 atom stereocenters. The largest absolute Gasteiger partial charge is 0.394 e. The molecule has 0 aliphatic heterocycles. The van der Waals surface area contributed by atoms with Gasteiger partial charge in [0, 0.05) is 18.2 Å². The minimum Gasteiger partial charge on any atom is -0.394 e. The van der Waals surface area contributed by atoms with E-state index in [0.717, 1.165) is 18.9 Å². The minimum absolute atomic E-state index is 0.154. The SMILES string of the molecule is CC(C)NC(C)(CO)CC(C)OCCC1CCC1. The molecule has 1 rings (SSSR count). The van der Waals surface area contributed by atoms with Crippen LogP contribution in [-0.2, 0) is 4.74 Å². The van der Waals surface area contributed by atoms with E-state index in [2.05, 4.69) is 33.0 Å². The van der Waals surface area contributed by atoms with Crippen LogP contribution in [0.3, 0.4) is 0 Å². The minimum atomic E-state index is -0.232. The third-order valence-electron chi connectivity index (χ3n) is 3.88. The van der Waals surface area contributed by atoms with Crippen LogP contribution in [0.25, 0.3) is 0 Å². The van der Waals surface area contributed by atoms with Crippen molar-refractivity contribution in [2.75, 3.05) is 13.2 Å². The summed E-state index contributed by atoms with van der Waals surface area (Å²) in [6, 6.07) is 0.379. The maximum absolute atomic E-state index is 9.53. The summed E-state index contributed by atoms with van der Waals surface area (Å²) in [5, 5.41) is 13.0. The highest BCUT2D eigenvalue weighted by molar-refractivity contribution is 4.86. The van der Waals surface area contributed by atoms with Crippen molar-refractivity contribution < 1.29 is 9.84 Å². The molecule has 0 bridgehead atoms. The standard InChI is InChI=1S/C15H31NO2/c1-12(2)16-15(4,11-17)10-13(3)18-9-8-14-6-5-7-14/h12-14,16-17H,5-11H2,1-4H3. The second kappa shape index (κ2) is 7.46. The summed E-state index contributed by atoms with van der Waals surface area (Å²) in [4.78, 5) is 0. The highest BCUT2D eigenvalue weighted by Gasteiger charge is 2.27. The van der Waals surface area contributed by atoms with Gasteiger partial charge in [-0.05, 0) is 32.6 Å². The van der Waals surface area contributed by atoms with E-state index in [-0.39, 0.29) is 18.2 Å². The smallest absolute Gasteiger partial charge is 0.0611 e. The maximum Gasteiger partial charge on any atom is 0.0611 e. The van der Waals surface area contributed by atoms with Crippen molar-refractivity contribution in [3.63, 3.8) is 0 Å². The summed E-state index contributed by atoms with van der Waals surface area (Å²) in [6.07, 6.45) is 6.45. The first-order chi connectivity index (χ1) is 8.45. The van der Waals surface area contributed by atoms with Crippen molar-refractivity contribution in [2.45, 2.75) is 77.5 Å². The van der Waals surface area contributed by atoms with Gasteiger partial charge in [-0.2, -0.15) is 0 Å². The Hall–Kier alpha value is -0.120. The molecular weight excluding hydrogens is 226 g/mol. The van der Waals surface area contributed by atoms with Crippen LogP contribution < -0.4 is 5.32 Å². The van der Waals surface area contributed by atoms with Crippen LogP contribution in [0.4, 0.5) is 0 Å². The number of ether oxygens (including phenoxy) is 1. The van der Waals surface area contributed by atoms with Crippen LogP contribution in [0.1, 0.15) is 59.8 Å². The summed E-state index contributed by atoms with van der Waals surface area (Å²) >= 11 is 0. The van der Waals surface area contributed by atoms with E-state index in [0.29, 0.717) is 6.04 Å². The summed E-state index contributed by atoms with van der Waals surface area (Å²) < 4.78 is 5.88. The fourth-order valence-corrected chi connectivity index (χ4v) is 2.78. The molecule has 0 aromatic heterocycles. The zero-order valence-electron chi connectivity index (χ0n) is 12.5. The maximum atomic E-state index is 9.53. The Morgan fingerprint density at radius 2 is 2.00 bits per heavy atom. The molecule has 0 heterocycles. The molecule has 1 fully saturated rings. The van der Waals surface area contributed by atoms with Crippen LogP contribution in [0.15, 0.2) is 0 Å². The van der Waals surface area contributed by atoms with Gasteiger partial charge >= 0.3 is 0 Å². The summed E-state index contributed by atoms with van der Waals surface area (Å²) in [6.45, 7) is 9.41. The molecule has 0 radical (unpaired) electrons. The molecular formula is C15H31NO2. The molecule has 0 spiro atoms. The van der Waals surface area contributed by atoms with Gasteiger partial charge in [-0.1, -0.05) is 33.1 Å². The lowest BCUT2D eigenvalue weighted by Crippen LogP contribution is -2.51. The topological polar surface area (TPSA) is 41.5 Å². The lowest BCUT2D eigenvalue weighted by molar-refractivity contribution is 0.0160. The molecule has 108 valence electrons. The lowest BCUT2D eigenvalue weighted by atomic mass is 9.83. The van der Waals surface area contributed by atoms with Crippen molar-refractivity contribution in [1.82, 2.24) is 5.32 Å².